The molecule has 1 fully saturated rings. The van der Waals surface area contributed by atoms with E-state index in [1.165, 1.54) is 27.6 Å². The minimum atomic E-state index is -3.51. The molecule has 1 heterocycles. The van der Waals surface area contributed by atoms with E-state index in [1.807, 2.05) is 18.7 Å². The van der Waals surface area contributed by atoms with Gasteiger partial charge in [-0.1, -0.05) is 43.7 Å². The van der Waals surface area contributed by atoms with Crippen LogP contribution < -0.4 is 0 Å². The number of piperazine rings is 1. The lowest BCUT2D eigenvalue weighted by Gasteiger charge is -2.35. The fourth-order valence-corrected chi connectivity index (χ4v) is 5.30. The molecule has 2 aromatic rings. The lowest BCUT2D eigenvalue weighted by molar-refractivity contribution is 0.0628. The van der Waals surface area contributed by atoms with Crippen molar-refractivity contribution in [3.05, 3.63) is 65.2 Å². The molecule has 30 heavy (non-hydrogen) atoms. The first-order valence-corrected chi connectivity index (χ1v) is 12.0. The van der Waals surface area contributed by atoms with Crippen molar-refractivity contribution in [2.75, 3.05) is 39.3 Å². The number of sulfonamides is 1. The van der Waals surface area contributed by atoms with Crippen LogP contribution >= 0.6 is 0 Å². The van der Waals surface area contributed by atoms with E-state index in [0.717, 1.165) is 19.6 Å². The largest absolute Gasteiger partial charge is 0.336 e. The standard InChI is InChI=1S/C23H31N3O3S/c1-4-26(5-2)30(28,29)22-11-9-21(10-12-22)23(27)25-15-13-24(14-16-25)18-20-8-6-7-19(3)17-20/h6-12,17H,4-5,13-16,18H2,1-3H3. The first kappa shape index (κ1) is 22.5. The fraction of sp³-hybridized carbons (Fsp3) is 0.435. The second-order valence-corrected chi connectivity index (χ2v) is 9.61. The average Bonchev–Trinajstić information content (AvgIpc) is 2.74. The molecule has 1 aliphatic rings. The molecule has 1 aliphatic heterocycles. The Hall–Kier alpha value is -2.22. The predicted octanol–water partition coefficient (Wildman–Crippen LogP) is 2.98. The second kappa shape index (κ2) is 9.73. The Bertz CT molecular complexity index is 961. The topological polar surface area (TPSA) is 60.9 Å². The first-order chi connectivity index (χ1) is 14.3. The van der Waals surface area contributed by atoms with Crippen molar-refractivity contribution in [2.45, 2.75) is 32.2 Å². The molecule has 0 N–H and O–H groups in total. The monoisotopic (exact) mass is 429 g/mol. The molecule has 0 aromatic heterocycles. The number of carbonyl (C=O) groups excluding carboxylic acids is 1. The number of aryl methyl sites for hydroxylation is 1. The Morgan fingerprint density at radius 2 is 1.60 bits per heavy atom. The van der Waals surface area contributed by atoms with Gasteiger partial charge in [0.2, 0.25) is 10.0 Å². The third-order valence-electron chi connectivity index (χ3n) is 5.59. The van der Waals surface area contributed by atoms with Crippen LogP contribution in [0.3, 0.4) is 0 Å². The quantitative estimate of drug-likeness (QED) is 0.679. The zero-order chi connectivity index (χ0) is 21.7. The summed E-state index contributed by atoms with van der Waals surface area (Å²) in [6, 6.07) is 14.8. The molecule has 162 valence electrons. The van der Waals surface area contributed by atoms with E-state index in [9.17, 15) is 13.2 Å². The van der Waals surface area contributed by atoms with E-state index in [1.54, 1.807) is 12.1 Å². The molecule has 0 aliphatic carbocycles. The minimum absolute atomic E-state index is 0.0445. The summed E-state index contributed by atoms with van der Waals surface area (Å²) in [6.07, 6.45) is 0. The van der Waals surface area contributed by atoms with Crippen molar-refractivity contribution in [1.29, 1.82) is 0 Å². The van der Waals surface area contributed by atoms with Crippen LogP contribution in [0.1, 0.15) is 35.3 Å². The number of hydrogen-bond acceptors (Lipinski definition) is 4. The molecule has 0 radical (unpaired) electrons. The van der Waals surface area contributed by atoms with Gasteiger partial charge in [0, 0.05) is 51.4 Å². The molecule has 3 rings (SSSR count). The van der Waals surface area contributed by atoms with Gasteiger partial charge in [-0.25, -0.2) is 8.42 Å². The lowest BCUT2D eigenvalue weighted by atomic mass is 10.1. The van der Waals surface area contributed by atoms with Gasteiger partial charge in [-0.15, -0.1) is 0 Å². The molecule has 0 spiro atoms. The van der Waals surface area contributed by atoms with Gasteiger partial charge in [0.1, 0.15) is 0 Å². The summed E-state index contributed by atoms with van der Waals surface area (Å²) in [5.41, 5.74) is 3.08. The summed E-state index contributed by atoms with van der Waals surface area (Å²) in [6.45, 7) is 10.5. The predicted molar refractivity (Wildman–Crippen MR) is 119 cm³/mol. The maximum atomic E-state index is 12.9. The number of nitrogens with zero attached hydrogens (tertiary/aromatic N) is 3. The molecular formula is C23H31N3O3S. The van der Waals surface area contributed by atoms with Crippen molar-refractivity contribution in [3.63, 3.8) is 0 Å². The van der Waals surface area contributed by atoms with Crippen LogP contribution in [0.15, 0.2) is 53.4 Å². The summed E-state index contributed by atoms with van der Waals surface area (Å²) in [5.74, 6) is -0.0445. The lowest BCUT2D eigenvalue weighted by Crippen LogP contribution is -2.48. The molecule has 0 unspecified atom stereocenters. The van der Waals surface area contributed by atoms with Crippen LogP contribution in [0, 0.1) is 6.92 Å². The third-order valence-corrected chi connectivity index (χ3v) is 7.66. The summed E-state index contributed by atoms with van der Waals surface area (Å²) >= 11 is 0. The normalized spacial score (nSPS) is 15.5. The van der Waals surface area contributed by atoms with Gasteiger partial charge in [0.05, 0.1) is 4.90 Å². The van der Waals surface area contributed by atoms with Crippen molar-refractivity contribution >= 4 is 15.9 Å². The number of benzene rings is 2. The maximum absolute atomic E-state index is 12.9. The molecule has 0 bridgehead atoms. The van der Waals surface area contributed by atoms with E-state index in [4.69, 9.17) is 0 Å². The van der Waals surface area contributed by atoms with Crippen molar-refractivity contribution in [1.82, 2.24) is 14.1 Å². The van der Waals surface area contributed by atoms with Crippen molar-refractivity contribution < 1.29 is 13.2 Å². The van der Waals surface area contributed by atoms with E-state index in [2.05, 4.69) is 36.1 Å². The summed E-state index contributed by atoms with van der Waals surface area (Å²) in [7, 11) is -3.51. The molecule has 0 saturated carbocycles. The number of carbonyl (C=O) groups is 1. The van der Waals surface area contributed by atoms with E-state index in [0.29, 0.717) is 31.7 Å². The van der Waals surface area contributed by atoms with Gasteiger partial charge in [-0.2, -0.15) is 4.31 Å². The van der Waals surface area contributed by atoms with Crippen LogP contribution in [-0.4, -0.2) is 67.7 Å². The van der Waals surface area contributed by atoms with Crippen LogP contribution in [0.2, 0.25) is 0 Å². The SMILES string of the molecule is CCN(CC)S(=O)(=O)c1ccc(C(=O)N2CCN(Cc3cccc(C)c3)CC2)cc1. The first-order valence-electron chi connectivity index (χ1n) is 10.5. The van der Waals surface area contributed by atoms with Crippen molar-refractivity contribution in [2.24, 2.45) is 0 Å². The molecule has 1 amide bonds. The highest BCUT2D eigenvalue weighted by Crippen LogP contribution is 2.18. The smallest absolute Gasteiger partial charge is 0.253 e. The molecule has 1 saturated heterocycles. The average molecular weight is 430 g/mol. The highest BCUT2D eigenvalue weighted by molar-refractivity contribution is 7.89. The third kappa shape index (κ3) is 5.09. The van der Waals surface area contributed by atoms with E-state index >= 15 is 0 Å². The van der Waals surface area contributed by atoms with Crippen LogP contribution in [-0.2, 0) is 16.6 Å². The van der Waals surface area contributed by atoms with Gasteiger partial charge in [-0.05, 0) is 36.8 Å². The van der Waals surface area contributed by atoms with Crippen LogP contribution in [0.5, 0.6) is 0 Å². The molecule has 6 nitrogen and oxygen atoms in total. The van der Waals surface area contributed by atoms with Crippen LogP contribution in [0.25, 0.3) is 0 Å². The summed E-state index contributed by atoms with van der Waals surface area (Å²) < 4.78 is 26.6. The zero-order valence-electron chi connectivity index (χ0n) is 18.0. The van der Waals surface area contributed by atoms with E-state index in [-0.39, 0.29) is 10.8 Å². The second-order valence-electron chi connectivity index (χ2n) is 7.67. The maximum Gasteiger partial charge on any atom is 0.253 e. The van der Waals surface area contributed by atoms with Gasteiger partial charge in [0.25, 0.3) is 5.91 Å². The molecular weight excluding hydrogens is 398 g/mol. The highest BCUT2D eigenvalue weighted by atomic mass is 32.2. The molecule has 2 aromatic carbocycles. The van der Waals surface area contributed by atoms with Crippen molar-refractivity contribution in [3.8, 4) is 0 Å². The summed E-state index contributed by atoms with van der Waals surface area (Å²) in [4.78, 5) is 17.3. The Morgan fingerprint density at radius 1 is 0.967 bits per heavy atom. The van der Waals surface area contributed by atoms with Gasteiger partial charge < -0.3 is 4.90 Å². The highest BCUT2D eigenvalue weighted by Gasteiger charge is 2.24. The number of amides is 1. The Kier molecular flexibility index (Phi) is 7.28. The zero-order valence-corrected chi connectivity index (χ0v) is 18.9. The van der Waals surface area contributed by atoms with Gasteiger partial charge in [-0.3, -0.25) is 9.69 Å². The van der Waals surface area contributed by atoms with Gasteiger partial charge in [0.15, 0.2) is 0 Å². The molecule has 0 atom stereocenters. The Balaban J connectivity index is 1.60. The number of hydrogen-bond donors (Lipinski definition) is 0. The van der Waals surface area contributed by atoms with Gasteiger partial charge >= 0.3 is 0 Å². The Labute approximate surface area is 180 Å². The summed E-state index contributed by atoms with van der Waals surface area (Å²) in [5, 5.41) is 0. The minimum Gasteiger partial charge on any atom is -0.336 e. The van der Waals surface area contributed by atoms with Crippen LogP contribution in [0.4, 0.5) is 0 Å². The Morgan fingerprint density at radius 3 is 2.17 bits per heavy atom. The fourth-order valence-electron chi connectivity index (χ4n) is 3.84. The number of rotatable bonds is 7. The molecule has 7 heteroatoms. The van der Waals surface area contributed by atoms with E-state index < -0.39 is 10.0 Å².